The molecule has 8 N–H and O–H groups in total. The molecule has 0 bridgehead atoms. The van der Waals surface area contributed by atoms with Crippen LogP contribution in [0.2, 0.25) is 0 Å². The van der Waals surface area contributed by atoms with Crippen molar-refractivity contribution < 1.29 is 47.1 Å². The number of rotatable bonds is 4. The van der Waals surface area contributed by atoms with Crippen LogP contribution in [0.3, 0.4) is 0 Å². The molecule has 0 aromatic heterocycles. The predicted molar refractivity (Wildman–Crippen MR) is 54.6 cm³/mol. The van der Waals surface area contributed by atoms with Crippen molar-refractivity contribution in [2.75, 3.05) is 0 Å². The molecule has 0 heterocycles. The fraction of sp³-hybridized carbons (Fsp3) is 0.750. The third kappa shape index (κ3) is 11.6. The number of hydrogen-bond donors (Lipinski definition) is 6. The van der Waals surface area contributed by atoms with Crippen LogP contribution >= 0.6 is 0 Å². The molecule has 0 fully saturated rings. The van der Waals surface area contributed by atoms with Gasteiger partial charge in [0.25, 0.3) is 0 Å². The molecule has 9 heteroatoms. The molecule has 0 saturated heterocycles. The van der Waals surface area contributed by atoms with Crippen molar-refractivity contribution in [1.82, 2.24) is 0 Å². The summed E-state index contributed by atoms with van der Waals surface area (Å²) < 4.78 is 0. The fourth-order valence-electron chi connectivity index (χ4n) is 0.413. The summed E-state index contributed by atoms with van der Waals surface area (Å²) in [5, 5.41) is 33.1. The minimum Gasteiger partial charge on any atom is -0.480 e. The summed E-state index contributed by atoms with van der Waals surface area (Å²) in [6, 6.07) is -2.31. The Morgan fingerprint density at radius 3 is 1.06 bits per heavy atom. The van der Waals surface area contributed by atoms with Gasteiger partial charge in [-0.25, -0.2) is 0 Å². The van der Waals surface area contributed by atoms with E-state index in [0.29, 0.717) is 0 Å². The fourth-order valence-corrected chi connectivity index (χ4v) is 0.413. The molecule has 8 nitrogen and oxygen atoms in total. The van der Waals surface area contributed by atoms with Gasteiger partial charge in [-0.15, -0.1) is 0 Å². The van der Waals surface area contributed by atoms with Gasteiger partial charge < -0.3 is 31.9 Å². The SMILES string of the molecule is C[C@@H](O)[C@H](N)C(=O)O.C[C@@H](O)[C@H](N)C(=O)O.[Cu]. The number of aliphatic hydroxyl groups is 2. The van der Waals surface area contributed by atoms with E-state index in [1.165, 1.54) is 13.8 Å². The normalized spacial score (nSPS) is 16.4. The second-order valence-electron chi connectivity index (χ2n) is 3.21. The van der Waals surface area contributed by atoms with Gasteiger partial charge in [0, 0.05) is 17.1 Å². The smallest absolute Gasteiger partial charge is 0.323 e. The van der Waals surface area contributed by atoms with E-state index >= 15 is 0 Å². The second kappa shape index (κ2) is 10.5. The third-order valence-electron chi connectivity index (χ3n) is 1.61. The number of aliphatic hydroxyl groups excluding tert-OH is 2. The van der Waals surface area contributed by atoms with Gasteiger partial charge in [-0.1, -0.05) is 0 Å². The van der Waals surface area contributed by atoms with Crippen LogP contribution in [0.5, 0.6) is 0 Å². The summed E-state index contributed by atoms with van der Waals surface area (Å²) in [7, 11) is 0. The zero-order valence-corrected chi connectivity index (χ0v) is 10.3. The van der Waals surface area contributed by atoms with E-state index in [1.807, 2.05) is 0 Å². The van der Waals surface area contributed by atoms with E-state index in [4.69, 9.17) is 31.9 Å². The summed E-state index contributed by atoms with van der Waals surface area (Å²) in [6.07, 6.45) is -1.96. The van der Waals surface area contributed by atoms with Crippen molar-refractivity contribution >= 4 is 11.9 Å². The van der Waals surface area contributed by atoms with Crippen molar-refractivity contribution in [1.29, 1.82) is 0 Å². The maximum atomic E-state index is 9.86. The van der Waals surface area contributed by atoms with E-state index in [-0.39, 0.29) is 17.1 Å². The Labute approximate surface area is 109 Å². The Kier molecular flexibility index (Phi) is 13.3. The van der Waals surface area contributed by atoms with Crippen LogP contribution in [0.1, 0.15) is 13.8 Å². The zero-order valence-electron chi connectivity index (χ0n) is 9.37. The molecule has 17 heavy (non-hydrogen) atoms. The van der Waals surface area contributed by atoms with E-state index < -0.39 is 36.2 Å². The minimum atomic E-state index is -1.18. The monoisotopic (exact) mass is 301 g/mol. The summed E-state index contributed by atoms with van der Waals surface area (Å²) >= 11 is 0. The topological polar surface area (TPSA) is 167 Å². The average molecular weight is 302 g/mol. The second-order valence-corrected chi connectivity index (χ2v) is 3.21. The number of carboxylic acid groups (broad SMARTS) is 2. The van der Waals surface area contributed by atoms with Crippen LogP contribution in [0.25, 0.3) is 0 Å². The van der Waals surface area contributed by atoms with Crippen LogP contribution in [-0.4, -0.2) is 56.7 Å². The van der Waals surface area contributed by atoms with Crippen LogP contribution < -0.4 is 11.5 Å². The van der Waals surface area contributed by atoms with E-state index in [9.17, 15) is 9.59 Å². The Morgan fingerprint density at radius 1 is 0.882 bits per heavy atom. The molecule has 0 aromatic carbocycles. The van der Waals surface area contributed by atoms with Crippen molar-refractivity contribution in [3.8, 4) is 0 Å². The van der Waals surface area contributed by atoms with Gasteiger partial charge in [0.2, 0.25) is 0 Å². The van der Waals surface area contributed by atoms with Gasteiger partial charge in [-0.3, -0.25) is 9.59 Å². The van der Waals surface area contributed by atoms with Crippen molar-refractivity contribution in [3.05, 3.63) is 0 Å². The molecular formula is C8H18CuN2O6. The molecule has 0 unspecified atom stereocenters. The van der Waals surface area contributed by atoms with Gasteiger partial charge in [0.05, 0.1) is 12.2 Å². The first kappa shape index (κ1) is 21.6. The quantitative estimate of drug-likeness (QED) is 0.311. The molecule has 1 radical (unpaired) electrons. The van der Waals surface area contributed by atoms with Crippen LogP contribution in [0.15, 0.2) is 0 Å². The molecule has 0 rings (SSSR count). The maximum Gasteiger partial charge on any atom is 0.323 e. The predicted octanol–water partition coefficient (Wildman–Crippen LogP) is -2.44. The van der Waals surface area contributed by atoms with Gasteiger partial charge >= 0.3 is 11.9 Å². The molecule has 0 aliphatic rings. The summed E-state index contributed by atoms with van der Waals surface area (Å²) in [5.41, 5.74) is 9.82. The molecule has 0 aliphatic heterocycles. The van der Waals surface area contributed by atoms with Crippen LogP contribution in [0.4, 0.5) is 0 Å². The summed E-state index contributed by atoms with van der Waals surface area (Å²) in [4.78, 5) is 19.7. The van der Waals surface area contributed by atoms with Crippen molar-refractivity contribution in [2.24, 2.45) is 11.5 Å². The number of carbonyl (C=O) groups is 2. The minimum absolute atomic E-state index is 0. The standard InChI is InChI=1S/2C4H9NO3.Cu/c2*1-2(6)3(5)4(7)8;/h2*2-3,6H,5H2,1H3,(H,7,8);/t2*2-,3+;/m11./s1. The largest absolute Gasteiger partial charge is 0.480 e. The molecule has 0 saturated carbocycles. The molecule has 0 spiro atoms. The first-order valence-corrected chi connectivity index (χ1v) is 4.44. The Morgan fingerprint density at radius 2 is 1.06 bits per heavy atom. The van der Waals surface area contributed by atoms with Gasteiger partial charge in [0.15, 0.2) is 0 Å². The molecular weight excluding hydrogens is 284 g/mol. The molecule has 0 aliphatic carbocycles. The van der Waals surface area contributed by atoms with Crippen molar-refractivity contribution in [3.63, 3.8) is 0 Å². The van der Waals surface area contributed by atoms with Gasteiger partial charge in [-0.2, -0.15) is 0 Å². The zero-order chi connectivity index (χ0) is 13.5. The van der Waals surface area contributed by atoms with Gasteiger partial charge in [-0.05, 0) is 13.8 Å². The van der Waals surface area contributed by atoms with Crippen LogP contribution in [-0.2, 0) is 26.7 Å². The van der Waals surface area contributed by atoms with Gasteiger partial charge in [0.1, 0.15) is 12.1 Å². The van der Waals surface area contributed by atoms with Crippen molar-refractivity contribution in [2.45, 2.75) is 38.1 Å². The Balaban J connectivity index is -0.000000218. The molecule has 0 aromatic rings. The number of carboxylic acids is 2. The molecule has 0 amide bonds. The van der Waals surface area contributed by atoms with E-state index in [0.717, 1.165) is 0 Å². The summed E-state index contributed by atoms with van der Waals surface area (Å²) in [6.45, 7) is 2.66. The Hall–Kier alpha value is -0.701. The summed E-state index contributed by atoms with van der Waals surface area (Å²) in [5.74, 6) is -2.36. The Bertz CT molecular complexity index is 212. The van der Waals surface area contributed by atoms with E-state index in [2.05, 4.69) is 0 Å². The third-order valence-corrected chi connectivity index (χ3v) is 1.61. The molecule has 4 atom stereocenters. The molecule has 107 valence electrons. The number of nitrogens with two attached hydrogens (primary N) is 2. The average Bonchev–Trinajstić information content (AvgIpc) is 2.15. The number of hydrogen-bond acceptors (Lipinski definition) is 6. The maximum absolute atomic E-state index is 9.86. The van der Waals surface area contributed by atoms with Crippen LogP contribution in [0, 0.1) is 0 Å². The van der Waals surface area contributed by atoms with E-state index in [1.54, 1.807) is 0 Å². The number of aliphatic carboxylic acids is 2. The first-order chi connectivity index (χ1) is 7.11. The first-order valence-electron chi connectivity index (χ1n) is 4.44.